The molecule has 1 fully saturated rings. The van der Waals surface area contributed by atoms with E-state index in [0.29, 0.717) is 6.42 Å². The fraction of sp³-hybridized carbons (Fsp3) is 0.333. The average molecular weight is 333 g/mol. The minimum atomic E-state index is -0.214. The summed E-state index contributed by atoms with van der Waals surface area (Å²) in [6.45, 7) is 2.04. The van der Waals surface area contributed by atoms with Gasteiger partial charge in [0.2, 0.25) is 5.91 Å². The monoisotopic (exact) mass is 333 g/mol. The zero-order valence-corrected chi connectivity index (χ0v) is 14.5. The normalized spacial score (nSPS) is 16.2. The smallest absolute Gasteiger partial charge is 0.226 e. The number of nitrogens with zero attached hydrogens (tertiary/aromatic N) is 2. The van der Waals surface area contributed by atoms with Crippen molar-refractivity contribution in [2.75, 3.05) is 0 Å². The van der Waals surface area contributed by atoms with Crippen molar-refractivity contribution in [3.05, 3.63) is 71.7 Å². The lowest BCUT2D eigenvalue weighted by molar-refractivity contribution is -0.122. The second-order valence-corrected chi connectivity index (χ2v) is 7.01. The van der Waals surface area contributed by atoms with Crippen LogP contribution in [0.5, 0.6) is 0 Å². The van der Waals surface area contributed by atoms with E-state index in [1.807, 2.05) is 41.9 Å². The highest BCUT2D eigenvalue weighted by Crippen LogP contribution is 2.38. The molecule has 1 aliphatic rings. The molecule has 0 unspecified atom stereocenters. The fourth-order valence-electron chi connectivity index (χ4n) is 4.03. The fourth-order valence-corrected chi connectivity index (χ4v) is 4.03. The highest BCUT2D eigenvalue weighted by atomic mass is 16.1. The molecular weight excluding hydrogens is 310 g/mol. The molecule has 0 aliphatic heterocycles. The van der Waals surface area contributed by atoms with E-state index in [2.05, 4.69) is 34.6 Å². The highest BCUT2D eigenvalue weighted by Gasteiger charge is 2.36. The molecule has 25 heavy (non-hydrogen) atoms. The van der Waals surface area contributed by atoms with E-state index >= 15 is 0 Å². The zero-order chi connectivity index (χ0) is 17.3. The maximum absolute atomic E-state index is 12.8. The van der Waals surface area contributed by atoms with Crippen LogP contribution in [0, 0.1) is 6.92 Å². The SMILES string of the molecule is Cc1cccn2c(CC(=O)NC3(c4ccccc4)CCCC3)cnc12. The van der Waals surface area contributed by atoms with Gasteiger partial charge < -0.3 is 9.72 Å². The second kappa shape index (κ2) is 6.36. The van der Waals surface area contributed by atoms with Crippen molar-refractivity contribution in [1.29, 1.82) is 0 Å². The molecule has 2 heterocycles. The van der Waals surface area contributed by atoms with Crippen molar-refractivity contribution >= 4 is 11.6 Å². The predicted molar refractivity (Wildman–Crippen MR) is 98.4 cm³/mol. The number of rotatable bonds is 4. The van der Waals surface area contributed by atoms with Crippen molar-refractivity contribution in [3.63, 3.8) is 0 Å². The number of aromatic nitrogens is 2. The summed E-state index contributed by atoms with van der Waals surface area (Å²) in [5, 5.41) is 3.35. The minimum Gasteiger partial charge on any atom is -0.346 e. The van der Waals surface area contributed by atoms with Gasteiger partial charge in [-0.1, -0.05) is 49.2 Å². The molecule has 2 aromatic heterocycles. The van der Waals surface area contributed by atoms with Crippen LogP contribution in [0.3, 0.4) is 0 Å². The maximum Gasteiger partial charge on any atom is 0.226 e. The molecule has 4 rings (SSSR count). The molecule has 4 nitrogen and oxygen atoms in total. The first-order valence-electron chi connectivity index (χ1n) is 8.96. The van der Waals surface area contributed by atoms with Gasteiger partial charge in [0.1, 0.15) is 5.65 Å². The van der Waals surface area contributed by atoms with Gasteiger partial charge in [0.05, 0.1) is 17.7 Å². The Morgan fingerprint density at radius 1 is 1.16 bits per heavy atom. The number of carbonyl (C=O) groups excluding carboxylic acids is 1. The molecule has 0 spiro atoms. The molecule has 4 heteroatoms. The summed E-state index contributed by atoms with van der Waals surface area (Å²) in [5.74, 6) is 0.0639. The Labute approximate surface area is 147 Å². The zero-order valence-electron chi connectivity index (χ0n) is 14.5. The van der Waals surface area contributed by atoms with Gasteiger partial charge in [-0.15, -0.1) is 0 Å². The predicted octanol–water partition coefficient (Wildman–Crippen LogP) is 3.77. The number of pyridine rings is 1. The third-order valence-electron chi connectivity index (χ3n) is 5.31. The summed E-state index contributed by atoms with van der Waals surface area (Å²) in [7, 11) is 0. The van der Waals surface area contributed by atoms with Crippen LogP contribution in [0.15, 0.2) is 54.9 Å². The standard InChI is InChI=1S/C21H23N3O/c1-16-8-7-13-24-18(15-22-20(16)24)14-19(25)23-21(11-5-6-12-21)17-9-3-2-4-10-17/h2-4,7-10,13,15H,5-6,11-12,14H2,1H3,(H,23,25). The molecule has 128 valence electrons. The lowest BCUT2D eigenvalue weighted by atomic mass is 9.88. The molecular formula is C21H23N3O. The Morgan fingerprint density at radius 3 is 2.68 bits per heavy atom. The first-order chi connectivity index (χ1) is 12.2. The van der Waals surface area contributed by atoms with E-state index in [1.54, 1.807) is 0 Å². The van der Waals surface area contributed by atoms with Crippen LogP contribution < -0.4 is 5.32 Å². The summed E-state index contributed by atoms with van der Waals surface area (Å²) in [6, 6.07) is 14.4. The average Bonchev–Trinajstić information content (AvgIpc) is 3.25. The number of aryl methyl sites for hydroxylation is 1. The summed E-state index contributed by atoms with van der Waals surface area (Å²) < 4.78 is 2.01. The van der Waals surface area contributed by atoms with Crippen LogP contribution in [-0.4, -0.2) is 15.3 Å². The minimum absolute atomic E-state index is 0.0639. The molecule has 1 amide bonds. The van der Waals surface area contributed by atoms with Gasteiger partial charge in [-0.2, -0.15) is 0 Å². The van der Waals surface area contributed by atoms with Crippen LogP contribution in [0.4, 0.5) is 0 Å². The Kier molecular flexibility index (Phi) is 4.04. The molecule has 0 saturated heterocycles. The number of hydrogen-bond donors (Lipinski definition) is 1. The number of imidazole rings is 1. The molecule has 1 N–H and O–H groups in total. The lowest BCUT2D eigenvalue weighted by Gasteiger charge is -2.31. The van der Waals surface area contributed by atoms with Crippen LogP contribution in [0.1, 0.15) is 42.5 Å². The number of amides is 1. The van der Waals surface area contributed by atoms with E-state index in [1.165, 1.54) is 5.56 Å². The van der Waals surface area contributed by atoms with E-state index < -0.39 is 0 Å². The van der Waals surface area contributed by atoms with Gasteiger partial charge in [0.15, 0.2) is 0 Å². The first kappa shape index (κ1) is 15.9. The number of nitrogens with one attached hydrogen (secondary N) is 1. The van der Waals surface area contributed by atoms with Crippen LogP contribution in [-0.2, 0) is 16.8 Å². The van der Waals surface area contributed by atoms with Gasteiger partial charge in [-0.05, 0) is 37.0 Å². The van der Waals surface area contributed by atoms with Gasteiger partial charge in [-0.3, -0.25) is 4.79 Å². The highest BCUT2D eigenvalue weighted by molar-refractivity contribution is 5.79. The molecule has 0 atom stereocenters. The molecule has 1 aromatic carbocycles. The maximum atomic E-state index is 12.8. The van der Waals surface area contributed by atoms with Crippen molar-refractivity contribution in [2.24, 2.45) is 0 Å². The number of fused-ring (bicyclic) bond motifs is 1. The summed E-state index contributed by atoms with van der Waals surface area (Å²) in [6.07, 6.45) is 8.46. The van der Waals surface area contributed by atoms with Crippen molar-refractivity contribution in [2.45, 2.75) is 44.6 Å². The van der Waals surface area contributed by atoms with Crippen LogP contribution >= 0.6 is 0 Å². The topological polar surface area (TPSA) is 46.4 Å². The Morgan fingerprint density at radius 2 is 1.92 bits per heavy atom. The van der Waals surface area contributed by atoms with Crippen molar-refractivity contribution in [1.82, 2.24) is 14.7 Å². The van der Waals surface area contributed by atoms with Crippen LogP contribution in [0.2, 0.25) is 0 Å². The van der Waals surface area contributed by atoms with E-state index in [-0.39, 0.29) is 11.4 Å². The second-order valence-electron chi connectivity index (χ2n) is 7.01. The Hall–Kier alpha value is -2.62. The number of hydrogen-bond acceptors (Lipinski definition) is 2. The summed E-state index contributed by atoms with van der Waals surface area (Å²) >= 11 is 0. The Bertz CT molecular complexity index is 892. The van der Waals surface area contributed by atoms with E-state index in [9.17, 15) is 4.79 Å². The third kappa shape index (κ3) is 2.93. The third-order valence-corrected chi connectivity index (χ3v) is 5.31. The molecule has 1 aliphatic carbocycles. The molecule has 0 radical (unpaired) electrons. The molecule has 0 bridgehead atoms. The largest absolute Gasteiger partial charge is 0.346 e. The van der Waals surface area contributed by atoms with Crippen molar-refractivity contribution < 1.29 is 4.79 Å². The summed E-state index contributed by atoms with van der Waals surface area (Å²) in [5.41, 5.74) is 3.97. The van der Waals surface area contributed by atoms with E-state index in [0.717, 1.165) is 42.6 Å². The molecule has 3 aromatic rings. The number of benzene rings is 1. The van der Waals surface area contributed by atoms with Gasteiger partial charge in [0.25, 0.3) is 0 Å². The van der Waals surface area contributed by atoms with Gasteiger partial charge >= 0.3 is 0 Å². The molecule has 1 saturated carbocycles. The summed E-state index contributed by atoms with van der Waals surface area (Å²) in [4.78, 5) is 17.3. The van der Waals surface area contributed by atoms with E-state index in [4.69, 9.17) is 0 Å². The van der Waals surface area contributed by atoms with Gasteiger partial charge in [0, 0.05) is 12.4 Å². The number of carbonyl (C=O) groups is 1. The lowest BCUT2D eigenvalue weighted by Crippen LogP contribution is -2.44. The van der Waals surface area contributed by atoms with Crippen LogP contribution in [0.25, 0.3) is 5.65 Å². The quantitative estimate of drug-likeness (QED) is 0.790. The Balaban J connectivity index is 1.57. The van der Waals surface area contributed by atoms with Crippen molar-refractivity contribution in [3.8, 4) is 0 Å². The first-order valence-corrected chi connectivity index (χ1v) is 8.96. The van der Waals surface area contributed by atoms with Gasteiger partial charge in [-0.25, -0.2) is 4.98 Å².